The SMILES string of the molecule is CC(=O)N1C[C@H](O)C[C@H](NC(=O)Cn2nc(C(C)C)c3cc(C(F)(F)F)ccc3c2=O)C1. The first-order valence-corrected chi connectivity index (χ1v) is 10.2. The van der Waals surface area contributed by atoms with Gasteiger partial charge in [-0.15, -0.1) is 0 Å². The zero-order chi connectivity index (χ0) is 23.8. The van der Waals surface area contributed by atoms with Crippen molar-refractivity contribution in [3.8, 4) is 0 Å². The van der Waals surface area contributed by atoms with Gasteiger partial charge in [0.1, 0.15) is 6.54 Å². The molecule has 3 rings (SSSR count). The van der Waals surface area contributed by atoms with Crippen LogP contribution in [0, 0.1) is 0 Å². The molecule has 2 N–H and O–H groups in total. The van der Waals surface area contributed by atoms with E-state index in [1.807, 2.05) is 0 Å². The fraction of sp³-hybridized carbons (Fsp3) is 0.524. The molecule has 11 heteroatoms. The number of piperidine rings is 1. The minimum atomic E-state index is -4.56. The first-order chi connectivity index (χ1) is 14.9. The number of aliphatic hydroxyl groups excluding tert-OH is 1. The van der Waals surface area contributed by atoms with E-state index in [9.17, 15) is 32.7 Å². The maximum Gasteiger partial charge on any atom is 0.416 e. The summed E-state index contributed by atoms with van der Waals surface area (Å²) in [5, 5.41) is 17.0. The van der Waals surface area contributed by atoms with Crippen LogP contribution in [0.1, 0.15) is 44.4 Å². The topological polar surface area (TPSA) is 105 Å². The standard InChI is InChI=1S/C21H25F3N4O4/c1-11(2)19-17-6-13(21(22,23)24)4-5-16(17)20(32)28(26-19)10-18(31)25-14-7-15(30)9-27(8-14)12(3)29/h4-6,11,14-15,30H,7-10H2,1-3H3,(H,25,31)/t14-,15+/m0/s1. The van der Waals surface area contributed by atoms with Crippen molar-refractivity contribution < 1.29 is 27.9 Å². The number of carbonyl (C=O) groups excluding carboxylic acids is 2. The van der Waals surface area contributed by atoms with E-state index in [2.05, 4.69) is 10.4 Å². The Bertz CT molecular complexity index is 1100. The molecule has 0 aliphatic carbocycles. The molecule has 2 heterocycles. The molecule has 0 unspecified atom stereocenters. The molecule has 32 heavy (non-hydrogen) atoms. The number of alkyl halides is 3. The third kappa shape index (κ3) is 5.09. The van der Waals surface area contributed by atoms with Gasteiger partial charge in [-0.25, -0.2) is 4.68 Å². The van der Waals surface area contributed by atoms with Gasteiger partial charge in [-0.2, -0.15) is 18.3 Å². The first-order valence-electron chi connectivity index (χ1n) is 10.2. The van der Waals surface area contributed by atoms with Gasteiger partial charge in [0.05, 0.1) is 22.7 Å². The van der Waals surface area contributed by atoms with Crippen molar-refractivity contribution in [1.82, 2.24) is 20.0 Å². The van der Waals surface area contributed by atoms with E-state index in [0.717, 1.165) is 22.9 Å². The van der Waals surface area contributed by atoms with Crippen LogP contribution in [0.3, 0.4) is 0 Å². The number of halogens is 3. The number of fused-ring (bicyclic) bond motifs is 1. The summed E-state index contributed by atoms with van der Waals surface area (Å²) in [4.78, 5) is 38.4. The monoisotopic (exact) mass is 454 g/mol. The first kappa shape index (κ1) is 23.7. The van der Waals surface area contributed by atoms with Crippen molar-refractivity contribution in [2.45, 2.75) is 58.0 Å². The number of amides is 2. The molecule has 1 aliphatic heterocycles. The largest absolute Gasteiger partial charge is 0.416 e. The normalized spacial score (nSPS) is 19.4. The number of aliphatic hydroxyl groups is 1. The average molecular weight is 454 g/mol. The Morgan fingerprint density at radius 3 is 2.53 bits per heavy atom. The molecule has 0 saturated carbocycles. The van der Waals surface area contributed by atoms with E-state index >= 15 is 0 Å². The lowest BCUT2D eigenvalue weighted by molar-refractivity contribution is -0.137. The summed E-state index contributed by atoms with van der Waals surface area (Å²) in [5.41, 5.74) is -1.29. The molecule has 0 spiro atoms. The highest BCUT2D eigenvalue weighted by atomic mass is 19.4. The minimum Gasteiger partial charge on any atom is -0.391 e. The predicted molar refractivity (Wildman–Crippen MR) is 110 cm³/mol. The smallest absolute Gasteiger partial charge is 0.391 e. The molecule has 174 valence electrons. The molecule has 0 bridgehead atoms. The zero-order valence-electron chi connectivity index (χ0n) is 17.9. The number of likely N-dealkylation sites (tertiary alicyclic amines) is 1. The van der Waals surface area contributed by atoms with Crippen molar-refractivity contribution in [2.24, 2.45) is 0 Å². The van der Waals surface area contributed by atoms with Gasteiger partial charge in [0.15, 0.2) is 0 Å². The molecule has 2 aromatic rings. The van der Waals surface area contributed by atoms with E-state index in [1.165, 1.54) is 11.8 Å². The fourth-order valence-electron chi connectivity index (χ4n) is 3.86. The number of aromatic nitrogens is 2. The number of carbonyl (C=O) groups is 2. The van der Waals surface area contributed by atoms with Gasteiger partial charge in [0.25, 0.3) is 5.56 Å². The Morgan fingerprint density at radius 2 is 1.94 bits per heavy atom. The number of rotatable bonds is 4. The Hall–Kier alpha value is -2.95. The quantitative estimate of drug-likeness (QED) is 0.731. The summed E-state index contributed by atoms with van der Waals surface area (Å²) in [7, 11) is 0. The van der Waals surface area contributed by atoms with Crippen molar-refractivity contribution in [3.05, 3.63) is 39.8 Å². The van der Waals surface area contributed by atoms with Crippen molar-refractivity contribution >= 4 is 22.6 Å². The van der Waals surface area contributed by atoms with Crippen LogP contribution in [0.2, 0.25) is 0 Å². The second kappa shape index (κ2) is 8.89. The number of benzene rings is 1. The highest BCUT2D eigenvalue weighted by Gasteiger charge is 2.32. The van der Waals surface area contributed by atoms with E-state index in [-0.39, 0.29) is 47.8 Å². The Morgan fingerprint density at radius 1 is 1.25 bits per heavy atom. The van der Waals surface area contributed by atoms with Crippen LogP contribution in [0.4, 0.5) is 13.2 Å². The maximum absolute atomic E-state index is 13.1. The average Bonchev–Trinajstić information content (AvgIpc) is 2.68. The van der Waals surface area contributed by atoms with Gasteiger partial charge in [-0.1, -0.05) is 13.8 Å². The van der Waals surface area contributed by atoms with Crippen molar-refractivity contribution in [3.63, 3.8) is 0 Å². The number of β-amino-alcohol motifs (C(OH)–C–C–N with tert-alkyl or cyclic N) is 1. The van der Waals surface area contributed by atoms with Crippen LogP contribution >= 0.6 is 0 Å². The van der Waals surface area contributed by atoms with Crippen LogP contribution in [0.15, 0.2) is 23.0 Å². The van der Waals surface area contributed by atoms with Gasteiger partial charge >= 0.3 is 6.18 Å². The predicted octanol–water partition coefficient (Wildman–Crippen LogP) is 1.64. The second-order valence-corrected chi connectivity index (χ2v) is 8.34. The van der Waals surface area contributed by atoms with Gasteiger partial charge in [-0.05, 0) is 30.5 Å². The second-order valence-electron chi connectivity index (χ2n) is 8.34. The molecule has 1 saturated heterocycles. The van der Waals surface area contributed by atoms with Crippen LogP contribution in [-0.2, 0) is 22.3 Å². The lowest BCUT2D eigenvalue weighted by atomic mass is 10.0. The van der Waals surface area contributed by atoms with E-state index in [1.54, 1.807) is 13.8 Å². The lowest BCUT2D eigenvalue weighted by Gasteiger charge is -2.35. The lowest BCUT2D eigenvalue weighted by Crippen LogP contribution is -2.54. The third-order valence-corrected chi connectivity index (χ3v) is 5.40. The number of hydrogen-bond acceptors (Lipinski definition) is 5. The van der Waals surface area contributed by atoms with Crippen LogP contribution < -0.4 is 10.9 Å². The van der Waals surface area contributed by atoms with Gasteiger partial charge in [0, 0.05) is 31.4 Å². The highest BCUT2D eigenvalue weighted by molar-refractivity contribution is 5.85. The van der Waals surface area contributed by atoms with Gasteiger partial charge in [-0.3, -0.25) is 14.4 Å². The summed E-state index contributed by atoms with van der Waals surface area (Å²) >= 11 is 0. The van der Waals surface area contributed by atoms with E-state index in [4.69, 9.17) is 0 Å². The van der Waals surface area contributed by atoms with E-state index in [0.29, 0.717) is 0 Å². The Kier molecular flexibility index (Phi) is 6.59. The molecule has 1 fully saturated rings. The number of nitrogens with one attached hydrogen (secondary N) is 1. The molecule has 0 radical (unpaired) electrons. The van der Waals surface area contributed by atoms with Crippen molar-refractivity contribution in [2.75, 3.05) is 13.1 Å². The zero-order valence-corrected chi connectivity index (χ0v) is 17.9. The molecular formula is C21H25F3N4O4. The molecular weight excluding hydrogens is 429 g/mol. The Balaban J connectivity index is 1.89. The molecule has 8 nitrogen and oxygen atoms in total. The molecule has 1 aromatic carbocycles. The molecule has 2 atom stereocenters. The highest BCUT2D eigenvalue weighted by Crippen LogP contribution is 2.32. The van der Waals surface area contributed by atoms with Crippen LogP contribution in [0.5, 0.6) is 0 Å². The number of nitrogens with zero attached hydrogens (tertiary/aromatic N) is 3. The van der Waals surface area contributed by atoms with Gasteiger partial charge < -0.3 is 15.3 Å². The summed E-state index contributed by atoms with van der Waals surface area (Å²) in [6.07, 6.45) is -5.09. The summed E-state index contributed by atoms with van der Waals surface area (Å²) in [6, 6.07) is 2.34. The maximum atomic E-state index is 13.1. The third-order valence-electron chi connectivity index (χ3n) is 5.40. The van der Waals surface area contributed by atoms with Gasteiger partial charge in [0.2, 0.25) is 11.8 Å². The van der Waals surface area contributed by atoms with Crippen molar-refractivity contribution in [1.29, 1.82) is 0 Å². The van der Waals surface area contributed by atoms with Crippen LogP contribution in [0.25, 0.3) is 10.8 Å². The van der Waals surface area contributed by atoms with Crippen LogP contribution in [-0.4, -0.2) is 56.8 Å². The fourth-order valence-corrected chi connectivity index (χ4v) is 3.86. The summed E-state index contributed by atoms with van der Waals surface area (Å²) in [6.45, 7) is 4.81. The molecule has 2 amide bonds. The summed E-state index contributed by atoms with van der Waals surface area (Å²) in [5.74, 6) is -1.08. The Labute approximate surface area is 182 Å². The minimum absolute atomic E-state index is 0.0420. The number of hydrogen-bond donors (Lipinski definition) is 2. The van der Waals surface area contributed by atoms with E-state index < -0.39 is 41.9 Å². The summed E-state index contributed by atoms with van der Waals surface area (Å²) < 4.78 is 40.3. The molecule has 1 aromatic heterocycles. The molecule has 1 aliphatic rings.